The van der Waals surface area contributed by atoms with Crippen LogP contribution in [0.3, 0.4) is 0 Å². The van der Waals surface area contributed by atoms with Crippen LogP contribution in [0.5, 0.6) is 11.5 Å². The molecule has 1 saturated heterocycles. The van der Waals surface area contributed by atoms with Crippen molar-refractivity contribution in [3.63, 3.8) is 0 Å². The molecule has 166 valence electrons. The van der Waals surface area contributed by atoms with Crippen molar-refractivity contribution >= 4 is 17.8 Å². The number of likely N-dealkylation sites (N-methyl/N-ethyl adjacent to an activating group) is 1. The lowest BCUT2D eigenvalue weighted by Crippen LogP contribution is -2.45. The first-order chi connectivity index (χ1) is 14.3. The van der Waals surface area contributed by atoms with Crippen molar-refractivity contribution in [2.45, 2.75) is 39.7 Å². The van der Waals surface area contributed by atoms with Crippen molar-refractivity contribution in [1.29, 1.82) is 0 Å². The van der Waals surface area contributed by atoms with Crippen LogP contribution in [0.1, 0.15) is 44.0 Å². The summed E-state index contributed by atoms with van der Waals surface area (Å²) in [5.41, 5.74) is 0.416. The van der Waals surface area contributed by atoms with Gasteiger partial charge in [0.05, 0.1) is 32.3 Å². The van der Waals surface area contributed by atoms with Gasteiger partial charge in [0.2, 0.25) is 5.91 Å². The van der Waals surface area contributed by atoms with E-state index in [0.717, 1.165) is 0 Å². The first-order valence-corrected chi connectivity index (χ1v) is 10.3. The normalized spacial score (nSPS) is 14.4. The Morgan fingerprint density at radius 2 is 1.83 bits per heavy atom. The van der Waals surface area contributed by atoms with Crippen molar-refractivity contribution in [3.8, 4) is 11.5 Å². The molecule has 1 aliphatic rings. The summed E-state index contributed by atoms with van der Waals surface area (Å²) in [6.07, 6.45) is 1.14. The maximum atomic E-state index is 12.8. The fraction of sp³-hybridized carbons (Fsp3) is 0.591. The molecule has 0 spiro atoms. The molecule has 1 fully saturated rings. The van der Waals surface area contributed by atoms with Crippen molar-refractivity contribution < 1.29 is 28.6 Å². The summed E-state index contributed by atoms with van der Waals surface area (Å²) in [5.74, 6) is 0.254. The van der Waals surface area contributed by atoms with E-state index in [1.165, 1.54) is 12.0 Å². The van der Waals surface area contributed by atoms with Gasteiger partial charge in [-0.1, -0.05) is 0 Å². The number of hydrogen-bond acceptors (Lipinski definition) is 6. The van der Waals surface area contributed by atoms with Gasteiger partial charge in [0, 0.05) is 25.7 Å². The predicted molar refractivity (Wildman–Crippen MR) is 112 cm³/mol. The summed E-state index contributed by atoms with van der Waals surface area (Å²) in [6.45, 7) is 6.90. The van der Waals surface area contributed by atoms with Gasteiger partial charge >= 0.3 is 5.97 Å². The van der Waals surface area contributed by atoms with Crippen LogP contribution in [0.25, 0.3) is 0 Å². The maximum Gasteiger partial charge on any atom is 0.309 e. The third-order valence-electron chi connectivity index (χ3n) is 4.96. The van der Waals surface area contributed by atoms with E-state index in [2.05, 4.69) is 0 Å². The van der Waals surface area contributed by atoms with Gasteiger partial charge in [-0.2, -0.15) is 0 Å². The third-order valence-corrected chi connectivity index (χ3v) is 4.96. The van der Waals surface area contributed by atoms with Crippen LogP contribution in [0.15, 0.2) is 18.2 Å². The molecule has 0 radical (unpaired) electrons. The van der Waals surface area contributed by atoms with Crippen LogP contribution >= 0.6 is 0 Å². The van der Waals surface area contributed by atoms with Crippen molar-refractivity contribution in [1.82, 2.24) is 9.80 Å². The lowest BCUT2D eigenvalue weighted by atomic mass is 9.97. The largest absolute Gasteiger partial charge is 0.493 e. The summed E-state index contributed by atoms with van der Waals surface area (Å²) < 4.78 is 16.1. The number of piperidine rings is 1. The van der Waals surface area contributed by atoms with E-state index in [0.29, 0.717) is 49.6 Å². The zero-order valence-electron chi connectivity index (χ0n) is 18.5. The van der Waals surface area contributed by atoms with Crippen molar-refractivity contribution in [2.75, 3.05) is 40.4 Å². The van der Waals surface area contributed by atoms with Crippen LogP contribution < -0.4 is 9.47 Å². The zero-order chi connectivity index (χ0) is 22.3. The minimum atomic E-state index is -0.279. The average Bonchev–Trinajstić information content (AvgIpc) is 2.73. The molecule has 8 nitrogen and oxygen atoms in total. The Hall–Kier alpha value is -2.77. The van der Waals surface area contributed by atoms with Crippen LogP contribution in [0.4, 0.5) is 0 Å². The highest BCUT2D eigenvalue weighted by atomic mass is 16.5. The fourth-order valence-corrected chi connectivity index (χ4v) is 3.37. The van der Waals surface area contributed by atoms with E-state index >= 15 is 0 Å². The van der Waals surface area contributed by atoms with E-state index < -0.39 is 0 Å². The highest BCUT2D eigenvalue weighted by molar-refractivity contribution is 5.97. The lowest BCUT2D eigenvalue weighted by Gasteiger charge is -2.32. The number of benzene rings is 1. The summed E-state index contributed by atoms with van der Waals surface area (Å²) in [4.78, 5) is 40.3. The lowest BCUT2D eigenvalue weighted by molar-refractivity contribution is -0.151. The Morgan fingerprint density at radius 1 is 1.17 bits per heavy atom. The number of likely N-dealkylation sites (tertiary alicyclic amines) is 1. The summed E-state index contributed by atoms with van der Waals surface area (Å²) in [7, 11) is 3.11. The van der Waals surface area contributed by atoms with Gasteiger partial charge in [0.1, 0.15) is 0 Å². The second-order valence-corrected chi connectivity index (χ2v) is 7.60. The molecule has 0 N–H and O–H groups in total. The van der Waals surface area contributed by atoms with E-state index in [9.17, 15) is 14.4 Å². The van der Waals surface area contributed by atoms with E-state index in [4.69, 9.17) is 14.2 Å². The smallest absolute Gasteiger partial charge is 0.309 e. The number of methoxy groups -OCH3 is 1. The molecule has 8 heteroatoms. The number of esters is 1. The van der Waals surface area contributed by atoms with E-state index in [1.807, 2.05) is 13.8 Å². The molecule has 1 heterocycles. The van der Waals surface area contributed by atoms with Gasteiger partial charge in [-0.15, -0.1) is 0 Å². The topological polar surface area (TPSA) is 85.4 Å². The SMILES string of the molecule is CCOC(=O)C1CCN(C(=O)CN(C)C(=O)c2ccc(OC(C)C)c(OC)c2)CC1. The molecular formula is C22H32N2O6. The van der Waals surface area contributed by atoms with Crippen molar-refractivity contribution in [2.24, 2.45) is 5.92 Å². The molecular weight excluding hydrogens is 388 g/mol. The minimum Gasteiger partial charge on any atom is -0.493 e. The molecule has 1 aliphatic heterocycles. The zero-order valence-corrected chi connectivity index (χ0v) is 18.5. The Bertz CT molecular complexity index is 756. The Morgan fingerprint density at radius 3 is 2.40 bits per heavy atom. The molecule has 0 aliphatic carbocycles. The first-order valence-electron chi connectivity index (χ1n) is 10.3. The van der Waals surface area contributed by atoms with Gasteiger partial charge in [-0.05, 0) is 51.8 Å². The number of nitrogens with zero attached hydrogens (tertiary/aromatic N) is 2. The summed E-state index contributed by atoms with van der Waals surface area (Å²) in [6, 6.07) is 4.97. The Labute approximate surface area is 178 Å². The number of amides is 2. The Kier molecular flexibility index (Phi) is 8.50. The molecule has 2 amide bonds. The molecule has 2 rings (SSSR count). The standard InChI is InChI=1S/C22H32N2O6/c1-6-29-22(27)16-9-11-24(12-10-16)20(25)14-23(4)21(26)17-7-8-18(30-15(2)3)19(13-17)28-5/h7-8,13,15-16H,6,9-12,14H2,1-5H3. The molecule has 30 heavy (non-hydrogen) atoms. The van der Waals surface area contributed by atoms with E-state index in [-0.39, 0.29) is 36.4 Å². The molecule has 1 aromatic rings. The maximum absolute atomic E-state index is 12.8. The number of ether oxygens (including phenoxy) is 3. The summed E-state index contributed by atoms with van der Waals surface area (Å²) in [5, 5.41) is 0. The predicted octanol–water partition coefficient (Wildman–Crippen LogP) is 2.36. The molecule has 0 saturated carbocycles. The monoisotopic (exact) mass is 420 g/mol. The second kappa shape index (κ2) is 10.8. The van der Waals surface area contributed by atoms with Gasteiger partial charge < -0.3 is 24.0 Å². The third kappa shape index (κ3) is 6.11. The fourth-order valence-electron chi connectivity index (χ4n) is 3.37. The molecule has 0 atom stereocenters. The van der Waals surface area contributed by atoms with E-state index in [1.54, 1.807) is 37.1 Å². The van der Waals surface area contributed by atoms with Crippen LogP contribution in [0, 0.1) is 5.92 Å². The number of hydrogen-bond donors (Lipinski definition) is 0. The number of carbonyl (C=O) groups excluding carboxylic acids is 3. The van der Waals surface area contributed by atoms with Crippen molar-refractivity contribution in [3.05, 3.63) is 23.8 Å². The second-order valence-electron chi connectivity index (χ2n) is 7.60. The molecule has 0 bridgehead atoms. The molecule has 0 unspecified atom stereocenters. The Balaban J connectivity index is 1.94. The van der Waals surface area contributed by atoms with Crippen LogP contribution in [0.2, 0.25) is 0 Å². The van der Waals surface area contributed by atoms with Crippen LogP contribution in [-0.4, -0.2) is 74.1 Å². The average molecular weight is 421 g/mol. The van der Waals surface area contributed by atoms with Gasteiger partial charge in [0.25, 0.3) is 5.91 Å². The molecule has 1 aromatic carbocycles. The molecule has 0 aromatic heterocycles. The minimum absolute atomic E-state index is 0.0197. The van der Waals surface area contributed by atoms with Gasteiger partial charge in [0.15, 0.2) is 11.5 Å². The first kappa shape index (κ1) is 23.5. The highest BCUT2D eigenvalue weighted by Gasteiger charge is 2.29. The van der Waals surface area contributed by atoms with Gasteiger partial charge in [-0.25, -0.2) is 0 Å². The number of carbonyl (C=O) groups is 3. The summed E-state index contributed by atoms with van der Waals surface area (Å²) >= 11 is 0. The van der Waals surface area contributed by atoms with Gasteiger partial charge in [-0.3, -0.25) is 14.4 Å². The van der Waals surface area contributed by atoms with Crippen LogP contribution in [-0.2, 0) is 14.3 Å². The quantitative estimate of drug-likeness (QED) is 0.600. The number of rotatable bonds is 8. The highest BCUT2D eigenvalue weighted by Crippen LogP contribution is 2.29.